The number of phenols is 8. The Hall–Kier alpha value is -6.52. The minimum absolute atomic E-state index is 0.00277. The van der Waals surface area contributed by atoms with E-state index in [4.69, 9.17) is 4.74 Å². The molecule has 0 radical (unpaired) electrons. The van der Waals surface area contributed by atoms with E-state index in [2.05, 4.69) is 0 Å². The molecule has 0 aromatic heterocycles. The van der Waals surface area contributed by atoms with E-state index in [9.17, 15) is 46.0 Å². The molecule has 6 aromatic carbocycles. The van der Waals surface area contributed by atoms with E-state index in [0.717, 1.165) is 0 Å². The van der Waals surface area contributed by atoms with Crippen molar-refractivity contribution in [2.75, 3.05) is 0 Å². The van der Waals surface area contributed by atoms with Crippen molar-refractivity contribution in [3.63, 3.8) is 0 Å². The van der Waals surface area contributed by atoms with Gasteiger partial charge in [0, 0.05) is 47.1 Å². The second kappa shape index (κ2) is 12.4. The van der Waals surface area contributed by atoms with E-state index in [1.54, 1.807) is 42.5 Å². The number of hydrogen-bond acceptors (Lipinski definition) is 10. The van der Waals surface area contributed by atoms with Gasteiger partial charge < -0.3 is 50.7 Å². The van der Waals surface area contributed by atoms with Crippen LogP contribution < -0.4 is 4.74 Å². The molecule has 0 unspecified atom stereocenters. The Bertz CT molecular complexity index is 2280. The summed E-state index contributed by atoms with van der Waals surface area (Å²) in [5.41, 5.74) is 4.19. The third-order valence-corrected chi connectivity index (χ3v) is 10.3. The molecule has 0 saturated heterocycles. The first-order chi connectivity index (χ1) is 25.0. The van der Waals surface area contributed by atoms with Crippen LogP contribution >= 0.6 is 0 Å². The highest BCUT2D eigenvalue weighted by Crippen LogP contribution is 2.65. The fourth-order valence-corrected chi connectivity index (χ4v) is 8.27. The van der Waals surface area contributed by atoms with Gasteiger partial charge in [-0.25, -0.2) is 0 Å². The van der Waals surface area contributed by atoms with E-state index in [0.29, 0.717) is 50.3 Å². The van der Waals surface area contributed by atoms with E-state index in [-0.39, 0.29) is 46.0 Å². The highest BCUT2D eigenvalue weighted by atomic mass is 16.5. The van der Waals surface area contributed by atoms with Crippen molar-refractivity contribution < 1.29 is 50.7 Å². The van der Waals surface area contributed by atoms with Gasteiger partial charge in [0.2, 0.25) is 0 Å². The fraction of sp³-hybridized carbons (Fsp3) is 0.143. The summed E-state index contributed by atoms with van der Waals surface area (Å²) in [6, 6.07) is 29.0. The lowest BCUT2D eigenvalue weighted by molar-refractivity contribution is 0.134. The molecule has 10 nitrogen and oxygen atoms in total. The number of aromatic hydroxyl groups is 8. The zero-order chi connectivity index (χ0) is 36.4. The smallest absolute Gasteiger partial charge is 0.135 e. The lowest BCUT2D eigenvalue weighted by atomic mass is 9.71. The number of ether oxygens (including phenoxy) is 1. The summed E-state index contributed by atoms with van der Waals surface area (Å²) in [4.78, 5) is 0. The van der Waals surface area contributed by atoms with E-state index in [1.165, 1.54) is 72.8 Å². The van der Waals surface area contributed by atoms with Crippen LogP contribution in [0.1, 0.15) is 80.4 Å². The Kier molecular flexibility index (Phi) is 7.77. The summed E-state index contributed by atoms with van der Waals surface area (Å²) >= 11 is 0. The number of fused-ring (bicyclic) bond motifs is 2. The summed E-state index contributed by atoms with van der Waals surface area (Å²) in [7, 11) is 0. The van der Waals surface area contributed by atoms with Crippen LogP contribution in [0.5, 0.6) is 51.7 Å². The van der Waals surface area contributed by atoms with Crippen LogP contribution in [0.25, 0.3) is 0 Å². The Morgan fingerprint density at radius 1 is 0.442 bits per heavy atom. The molecule has 9 N–H and O–H groups in total. The van der Waals surface area contributed by atoms with E-state index >= 15 is 0 Å². The molecule has 0 saturated carbocycles. The molecule has 262 valence electrons. The first kappa shape index (κ1) is 32.7. The predicted octanol–water partition coefficient (Wildman–Crippen LogP) is 7.34. The molecule has 0 spiro atoms. The zero-order valence-electron chi connectivity index (χ0n) is 27.4. The number of hydrogen-bond donors (Lipinski definition) is 9. The molecule has 0 fully saturated rings. The molecule has 1 aliphatic heterocycles. The average molecular weight is 699 g/mol. The summed E-state index contributed by atoms with van der Waals surface area (Å²) in [6.07, 6.45) is -2.05. The van der Waals surface area contributed by atoms with Crippen molar-refractivity contribution >= 4 is 0 Å². The summed E-state index contributed by atoms with van der Waals surface area (Å²) < 4.78 is 6.61. The van der Waals surface area contributed by atoms with Gasteiger partial charge >= 0.3 is 0 Å². The van der Waals surface area contributed by atoms with Crippen LogP contribution in [0.4, 0.5) is 0 Å². The Morgan fingerprint density at radius 3 is 1.58 bits per heavy atom. The molecule has 6 aromatic rings. The molecular weight excluding hydrogens is 664 g/mol. The minimum atomic E-state index is -1.27. The van der Waals surface area contributed by atoms with Crippen molar-refractivity contribution in [1.29, 1.82) is 0 Å². The average Bonchev–Trinajstić information content (AvgIpc) is 3.65. The van der Waals surface area contributed by atoms with Gasteiger partial charge in [-0.15, -0.1) is 0 Å². The van der Waals surface area contributed by atoms with E-state index in [1.807, 2.05) is 0 Å². The van der Waals surface area contributed by atoms with Crippen LogP contribution in [0.15, 0.2) is 115 Å². The van der Waals surface area contributed by atoms with Crippen LogP contribution in [-0.2, 0) is 0 Å². The zero-order valence-corrected chi connectivity index (χ0v) is 27.4. The van der Waals surface area contributed by atoms with Crippen molar-refractivity contribution in [1.82, 2.24) is 0 Å². The van der Waals surface area contributed by atoms with Gasteiger partial charge in [-0.3, -0.25) is 0 Å². The van der Waals surface area contributed by atoms with Crippen molar-refractivity contribution in [3.8, 4) is 51.7 Å². The molecule has 0 amide bonds. The predicted molar refractivity (Wildman–Crippen MR) is 189 cm³/mol. The highest BCUT2D eigenvalue weighted by molar-refractivity contribution is 5.65. The van der Waals surface area contributed by atoms with Gasteiger partial charge in [-0.2, -0.15) is 0 Å². The molecule has 2 aliphatic rings. The van der Waals surface area contributed by atoms with Crippen molar-refractivity contribution in [2.24, 2.45) is 0 Å². The molecule has 8 rings (SSSR count). The Balaban J connectivity index is 1.43. The van der Waals surface area contributed by atoms with E-state index < -0.39 is 35.9 Å². The minimum Gasteiger partial charge on any atom is -0.508 e. The fourth-order valence-electron chi connectivity index (χ4n) is 8.27. The van der Waals surface area contributed by atoms with Gasteiger partial charge in [-0.05, 0) is 94.0 Å². The van der Waals surface area contributed by atoms with Crippen LogP contribution in [0.2, 0.25) is 0 Å². The number of phenolic OH excluding ortho intramolecular Hbond substituents is 8. The van der Waals surface area contributed by atoms with Gasteiger partial charge in [0.05, 0.1) is 12.0 Å². The third-order valence-electron chi connectivity index (χ3n) is 10.3. The maximum absolute atomic E-state index is 12.3. The van der Waals surface area contributed by atoms with Gasteiger partial charge in [0.1, 0.15) is 57.8 Å². The molecule has 1 aliphatic carbocycles. The van der Waals surface area contributed by atoms with Crippen molar-refractivity contribution in [3.05, 3.63) is 160 Å². The molecule has 10 heteroatoms. The summed E-state index contributed by atoms with van der Waals surface area (Å²) in [6.45, 7) is 0. The van der Waals surface area contributed by atoms with Gasteiger partial charge in [-0.1, -0.05) is 36.4 Å². The first-order valence-electron chi connectivity index (χ1n) is 16.6. The maximum Gasteiger partial charge on any atom is 0.135 e. The number of aliphatic hydroxyl groups excluding tert-OH is 1. The maximum atomic E-state index is 12.3. The summed E-state index contributed by atoms with van der Waals surface area (Å²) in [5, 5.41) is 97.8. The number of aliphatic hydroxyl groups is 1. The molecule has 52 heavy (non-hydrogen) atoms. The first-order valence-corrected chi connectivity index (χ1v) is 16.6. The third kappa shape index (κ3) is 5.50. The Labute approximate surface area is 297 Å². The number of benzene rings is 6. The topological polar surface area (TPSA) is 191 Å². The second-order valence-corrected chi connectivity index (χ2v) is 13.5. The van der Waals surface area contributed by atoms with Crippen molar-refractivity contribution in [2.45, 2.75) is 35.9 Å². The molecule has 1 heterocycles. The summed E-state index contributed by atoms with van der Waals surface area (Å²) in [5.74, 6) is -3.73. The largest absolute Gasteiger partial charge is 0.508 e. The van der Waals surface area contributed by atoms with Crippen LogP contribution in [0, 0.1) is 0 Å². The standard InChI is InChI=1S/C42H34O10/c43-24-7-1-20(2-8-24)35-37-31(16-29(48)18-33(37)50)40(41(51)21-3-9-25(44)10-4-21)39(35)32-17-30(49)19-34-38(32)36(23-13-27(46)15-28(47)14-23)42(52-34)22-5-11-26(45)12-6-22/h1-19,35-36,39-51H/t35-,36+,39+,40+,41+,42-/m0/s1. The SMILES string of the molecule is Oc1ccc([C@H]2c3c(O)cc(O)cc3[C@@H]([C@H](O)c3ccc(O)cc3)[C@@H]2c2cc(O)cc3c2[C@@H](c2cc(O)cc(O)c2)[C@H](c2ccc(O)cc2)O3)cc1. The second-order valence-electron chi connectivity index (χ2n) is 13.5. The molecular formula is C42H34O10. The normalized spacial score (nSPS) is 20.9. The van der Waals surface area contributed by atoms with Crippen LogP contribution in [0.3, 0.4) is 0 Å². The van der Waals surface area contributed by atoms with Crippen LogP contribution in [-0.4, -0.2) is 46.0 Å². The van der Waals surface area contributed by atoms with Gasteiger partial charge in [0.25, 0.3) is 0 Å². The molecule has 0 bridgehead atoms. The monoisotopic (exact) mass is 698 g/mol. The van der Waals surface area contributed by atoms with Gasteiger partial charge in [0.15, 0.2) is 0 Å². The lowest BCUT2D eigenvalue weighted by Crippen LogP contribution is -2.20. The lowest BCUT2D eigenvalue weighted by Gasteiger charge is -2.32. The highest BCUT2D eigenvalue weighted by Gasteiger charge is 2.51. The Morgan fingerprint density at radius 2 is 0.962 bits per heavy atom. The molecule has 6 atom stereocenters. The number of rotatable bonds is 6. The quantitative estimate of drug-likeness (QED) is 0.0850.